The van der Waals surface area contributed by atoms with E-state index in [2.05, 4.69) is 31.3 Å². The molecule has 0 saturated carbocycles. The van der Waals surface area contributed by atoms with Crippen LogP contribution in [-0.2, 0) is 4.74 Å². The molecule has 2 saturated heterocycles. The smallest absolute Gasteiger partial charge is 0.0627 e. The fourth-order valence-electron chi connectivity index (χ4n) is 3.41. The highest BCUT2D eigenvalue weighted by molar-refractivity contribution is 7.12. The summed E-state index contributed by atoms with van der Waals surface area (Å²) in [6.07, 6.45) is 6.06. The van der Waals surface area contributed by atoms with Gasteiger partial charge >= 0.3 is 0 Å². The van der Waals surface area contributed by atoms with Crippen LogP contribution in [-0.4, -0.2) is 18.8 Å². The van der Waals surface area contributed by atoms with Crippen LogP contribution in [0.1, 0.15) is 48.4 Å². The van der Waals surface area contributed by atoms with Gasteiger partial charge in [-0.25, -0.2) is 0 Å². The van der Waals surface area contributed by atoms with E-state index in [-0.39, 0.29) is 0 Å². The van der Waals surface area contributed by atoms with Crippen LogP contribution in [0.3, 0.4) is 0 Å². The molecule has 2 nitrogen and oxygen atoms in total. The van der Waals surface area contributed by atoms with E-state index in [1.54, 1.807) is 0 Å². The molecule has 0 aliphatic carbocycles. The normalized spacial score (nSPS) is 32.0. The van der Waals surface area contributed by atoms with Crippen molar-refractivity contribution in [3.8, 4) is 0 Å². The number of aryl methyl sites for hydroxylation is 1. The molecule has 2 fully saturated rings. The van der Waals surface area contributed by atoms with Crippen LogP contribution in [0.25, 0.3) is 0 Å². The largest absolute Gasteiger partial charge is 0.375 e. The summed E-state index contributed by atoms with van der Waals surface area (Å²) in [5, 5.41) is 3.76. The maximum Gasteiger partial charge on any atom is 0.0627 e. The predicted octanol–water partition coefficient (Wildman–Crippen LogP) is 3.66. The van der Waals surface area contributed by atoms with Crippen molar-refractivity contribution in [2.75, 3.05) is 6.54 Å². The SMILES string of the molecule is CCCNC(c1ccc(C)s1)C1CC2CCC1O2. The number of rotatable bonds is 5. The Labute approximate surface area is 114 Å². The van der Waals surface area contributed by atoms with Gasteiger partial charge in [-0.15, -0.1) is 11.3 Å². The van der Waals surface area contributed by atoms with Gasteiger partial charge in [-0.2, -0.15) is 0 Å². The van der Waals surface area contributed by atoms with E-state index < -0.39 is 0 Å². The van der Waals surface area contributed by atoms with Crippen molar-refractivity contribution in [1.82, 2.24) is 5.32 Å². The zero-order chi connectivity index (χ0) is 12.5. The molecule has 4 atom stereocenters. The third kappa shape index (κ3) is 2.36. The van der Waals surface area contributed by atoms with Crippen LogP contribution >= 0.6 is 11.3 Å². The second kappa shape index (κ2) is 5.32. The molecule has 0 aromatic carbocycles. The summed E-state index contributed by atoms with van der Waals surface area (Å²) in [4.78, 5) is 2.92. The van der Waals surface area contributed by atoms with Gasteiger partial charge in [0.25, 0.3) is 0 Å². The van der Waals surface area contributed by atoms with Crippen LogP contribution in [0.2, 0.25) is 0 Å². The number of thiophene rings is 1. The fourth-order valence-corrected chi connectivity index (χ4v) is 4.44. The molecular formula is C15H23NOS. The Morgan fingerprint density at radius 2 is 2.33 bits per heavy atom. The van der Waals surface area contributed by atoms with Crippen molar-refractivity contribution < 1.29 is 4.74 Å². The standard InChI is InChI=1S/C15H23NOS/c1-3-8-16-15(14-7-4-10(2)18-14)12-9-11-5-6-13(12)17-11/h4,7,11-13,15-16H,3,5-6,8-9H2,1-2H3. The van der Waals surface area contributed by atoms with Gasteiger partial charge in [0.1, 0.15) is 0 Å². The lowest BCUT2D eigenvalue weighted by atomic mass is 9.83. The van der Waals surface area contributed by atoms with E-state index in [1.165, 1.54) is 35.4 Å². The Hall–Kier alpha value is -0.380. The molecule has 3 heterocycles. The average molecular weight is 265 g/mol. The molecule has 0 spiro atoms. The van der Waals surface area contributed by atoms with Crippen molar-refractivity contribution in [1.29, 1.82) is 0 Å². The molecular weight excluding hydrogens is 242 g/mol. The minimum absolute atomic E-state index is 0.506. The lowest BCUT2D eigenvalue weighted by molar-refractivity contribution is 0.0859. The van der Waals surface area contributed by atoms with Crippen molar-refractivity contribution in [2.45, 2.75) is 57.8 Å². The maximum absolute atomic E-state index is 6.04. The maximum atomic E-state index is 6.04. The molecule has 1 aromatic rings. The van der Waals surface area contributed by atoms with E-state index in [0.29, 0.717) is 24.2 Å². The summed E-state index contributed by atoms with van der Waals surface area (Å²) in [5.74, 6) is 0.688. The molecule has 100 valence electrons. The summed E-state index contributed by atoms with van der Waals surface area (Å²) in [7, 11) is 0. The molecule has 2 bridgehead atoms. The third-order valence-electron chi connectivity index (χ3n) is 4.26. The van der Waals surface area contributed by atoms with Gasteiger partial charge in [0.05, 0.1) is 12.2 Å². The summed E-state index contributed by atoms with van der Waals surface area (Å²) in [5.41, 5.74) is 0. The van der Waals surface area contributed by atoms with Crippen molar-refractivity contribution in [3.05, 3.63) is 21.9 Å². The minimum atomic E-state index is 0.506. The molecule has 3 heteroatoms. The average Bonchev–Trinajstić information content (AvgIpc) is 3.06. The first-order valence-electron chi connectivity index (χ1n) is 7.23. The third-order valence-corrected chi connectivity index (χ3v) is 5.35. The quantitative estimate of drug-likeness (QED) is 0.877. The van der Waals surface area contributed by atoms with Gasteiger partial charge in [-0.1, -0.05) is 6.92 Å². The predicted molar refractivity (Wildman–Crippen MR) is 76.1 cm³/mol. The molecule has 1 aromatic heterocycles. The van der Waals surface area contributed by atoms with E-state index in [1.807, 2.05) is 11.3 Å². The zero-order valence-corrected chi connectivity index (χ0v) is 12.1. The molecule has 3 rings (SSSR count). The van der Waals surface area contributed by atoms with E-state index in [0.717, 1.165) is 6.54 Å². The van der Waals surface area contributed by atoms with Crippen molar-refractivity contribution >= 4 is 11.3 Å². The van der Waals surface area contributed by atoms with Crippen LogP contribution < -0.4 is 5.32 Å². The topological polar surface area (TPSA) is 21.3 Å². The summed E-state index contributed by atoms with van der Waals surface area (Å²) < 4.78 is 6.04. The molecule has 2 aliphatic rings. The van der Waals surface area contributed by atoms with Crippen LogP contribution in [0, 0.1) is 12.8 Å². The summed E-state index contributed by atoms with van der Waals surface area (Å²) >= 11 is 1.94. The summed E-state index contributed by atoms with van der Waals surface area (Å²) in [6, 6.07) is 5.06. The Bertz CT molecular complexity index is 403. The highest BCUT2D eigenvalue weighted by Gasteiger charge is 2.44. The highest BCUT2D eigenvalue weighted by atomic mass is 32.1. The molecule has 18 heavy (non-hydrogen) atoms. The number of fused-ring (bicyclic) bond motifs is 2. The minimum Gasteiger partial charge on any atom is -0.375 e. The van der Waals surface area contributed by atoms with Gasteiger partial charge in [-0.3, -0.25) is 0 Å². The first kappa shape index (κ1) is 12.6. The first-order chi connectivity index (χ1) is 8.78. The van der Waals surface area contributed by atoms with Gasteiger partial charge in [0.2, 0.25) is 0 Å². The molecule has 0 radical (unpaired) electrons. The summed E-state index contributed by atoms with van der Waals surface area (Å²) in [6.45, 7) is 5.54. The van der Waals surface area contributed by atoms with Gasteiger partial charge < -0.3 is 10.1 Å². The van der Waals surface area contributed by atoms with Crippen LogP contribution in [0.4, 0.5) is 0 Å². The lowest BCUT2D eigenvalue weighted by Crippen LogP contribution is -2.33. The van der Waals surface area contributed by atoms with E-state index in [4.69, 9.17) is 4.74 Å². The number of nitrogens with one attached hydrogen (secondary N) is 1. The fraction of sp³-hybridized carbons (Fsp3) is 0.733. The Morgan fingerprint density at radius 3 is 2.89 bits per heavy atom. The van der Waals surface area contributed by atoms with Gasteiger partial charge in [0, 0.05) is 21.7 Å². The zero-order valence-electron chi connectivity index (χ0n) is 11.3. The molecule has 4 unspecified atom stereocenters. The number of hydrogen-bond donors (Lipinski definition) is 1. The highest BCUT2D eigenvalue weighted by Crippen LogP contribution is 2.45. The Morgan fingerprint density at radius 1 is 1.44 bits per heavy atom. The van der Waals surface area contributed by atoms with E-state index in [9.17, 15) is 0 Å². The van der Waals surface area contributed by atoms with Crippen LogP contribution in [0.5, 0.6) is 0 Å². The Balaban J connectivity index is 1.77. The van der Waals surface area contributed by atoms with Crippen molar-refractivity contribution in [3.63, 3.8) is 0 Å². The Kier molecular flexibility index (Phi) is 3.73. The van der Waals surface area contributed by atoms with E-state index >= 15 is 0 Å². The number of ether oxygens (including phenoxy) is 1. The molecule has 0 amide bonds. The number of hydrogen-bond acceptors (Lipinski definition) is 3. The lowest BCUT2D eigenvalue weighted by Gasteiger charge is -2.28. The first-order valence-corrected chi connectivity index (χ1v) is 8.04. The second-order valence-corrected chi connectivity index (χ2v) is 6.97. The van der Waals surface area contributed by atoms with Gasteiger partial charge in [0.15, 0.2) is 0 Å². The molecule has 2 aliphatic heterocycles. The van der Waals surface area contributed by atoms with Crippen LogP contribution in [0.15, 0.2) is 12.1 Å². The molecule has 1 N–H and O–H groups in total. The second-order valence-electron chi connectivity index (χ2n) is 5.65. The monoisotopic (exact) mass is 265 g/mol. The van der Waals surface area contributed by atoms with Gasteiger partial charge in [-0.05, 0) is 51.3 Å². The van der Waals surface area contributed by atoms with Crippen molar-refractivity contribution in [2.24, 2.45) is 5.92 Å².